The third-order valence-electron chi connectivity index (χ3n) is 8.12. The number of nitrogens with one attached hydrogen (secondary N) is 1. The Morgan fingerprint density at radius 2 is 1.81 bits per heavy atom. The maximum atomic E-state index is 13.5. The van der Waals surface area contributed by atoms with E-state index in [0.717, 1.165) is 41.6 Å². The highest BCUT2D eigenvalue weighted by molar-refractivity contribution is 5.91. The molecule has 0 bridgehead atoms. The van der Waals surface area contributed by atoms with Crippen LogP contribution in [0.25, 0.3) is 21.9 Å². The smallest absolute Gasteiger partial charge is 0.272 e. The minimum Gasteiger partial charge on any atom is -0.342 e. The van der Waals surface area contributed by atoms with Crippen LogP contribution in [0.1, 0.15) is 68.9 Å². The van der Waals surface area contributed by atoms with Gasteiger partial charge in [-0.1, -0.05) is 43.9 Å². The van der Waals surface area contributed by atoms with Gasteiger partial charge in [0.15, 0.2) is 5.65 Å². The Labute approximate surface area is 209 Å². The molecule has 186 valence electrons. The van der Waals surface area contributed by atoms with Crippen LogP contribution in [-0.4, -0.2) is 48.6 Å². The van der Waals surface area contributed by atoms with E-state index in [-0.39, 0.29) is 17.5 Å². The Morgan fingerprint density at radius 1 is 1.06 bits per heavy atom. The molecule has 8 heteroatoms. The number of carbonyl (C=O) groups excluding carboxylic acids is 1. The van der Waals surface area contributed by atoms with E-state index in [1.165, 1.54) is 25.7 Å². The number of rotatable bonds is 5. The fourth-order valence-electron chi connectivity index (χ4n) is 6.18. The van der Waals surface area contributed by atoms with Crippen LogP contribution in [0.4, 0.5) is 0 Å². The van der Waals surface area contributed by atoms with Gasteiger partial charge < -0.3 is 9.47 Å². The lowest BCUT2D eigenvalue weighted by Crippen LogP contribution is -2.41. The van der Waals surface area contributed by atoms with Crippen molar-refractivity contribution in [2.24, 2.45) is 5.92 Å². The summed E-state index contributed by atoms with van der Waals surface area (Å²) in [6.07, 6.45) is 9.82. The number of pyridine rings is 1. The molecule has 2 fully saturated rings. The normalized spacial score (nSPS) is 18.3. The molecule has 1 aliphatic carbocycles. The van der Waals surface area contributed by atoms with E-state index in [1.54, 1.807) is 6.07 Å². The van der Waals surface area contributed by atoms with Gasteiger partial charge in [0.1, 0.15) is 11.3 Å². The molecule has 1 aromatic carbocycles. The molecule has 4 heterocycles. The topological polar surface area (TPSA) is 96.8 Å². The number of likely N-dealkylation sites (tertiary alicyclic amines) is 1. The number of benzene rings is 1. The quantitative estimate of drug-likeness (QED) is 0.454. The number of piperidine rings is 1. The lowest BCUT2D eigenvalue weighted by atomic mass is 9.97. The van der Waals surface area contributed by atoms with Crippen LogP contribution in [0.2, 0.25) is 0 Å². The summed E-state index contributed by atoms with van der Waals surface area (Å²) in [7, 11) is 0. The zero-order valence-corrected chi connectivity index (χ0v) is 20.7. The van der Waals surface area contributed by atoms with Crippen LogP contribution < -0.4 is 5.56 Å². The number of fused-ring (bicyclic) bond motifs is 2. The van der Waals surface area contributed by atoms with Crippen LogP contribution >= 0.6 is 0 Å². The molecule has 1 saturated carbocycles. The lowest BCUT2D eigenvalue weighted by Gasteiger charge is -2.35. The zero-order valence-electron chi connectivity index (χ0n) is 20.7. The molecule has 36 heavy (non-hydrogen) atoms. The van der Waals surface area contributed by atoms with Crippen LogP contribution in [0.3, 0.4) is 0 Å². The first-order valence-electron chi connectivity index (χ1n) is 13.2. The summed E-state index contributed by atoms with van der Waals surface area (Å²) in [5.41, 5.74) is 2.33. The van der Waals surface area contributed by atoms with E-state index in [0.29, 0.717) is 30.1 Å². The van der Waals surface area contributed by atoms with Crippen LogP contribution in [0.5, 0.6) is 0 Å². The second kappa shape index (κ2) is 9.48. The molecule has 1 aliphatic heterocycles. The number of amides is 1. The van der Waals surface area contributed by atoms with E-state index < -0.39 is 5.92 Å². The van der Waals surface area contributed by atoms with Crippen LogP contribution in [0.15, 0.2) is 47.4 Å². The SMILES string of the molecule is CC(C(=O)N1CCC(n2c(CC3CCCC3)nc3cccnc32)CC1)c1n[nH]c(=O)c2ccccc12. The molecular weight excluding hydrogens is 452 g/mol. The van der Waals surface area contributed by atoms with Crippen molar-refractivity contribution in [3.05, 3.63) is 64.5 Å². The largest absolute Gasteiger partial charge is 0.342 e. The monoisotopic (exact) mass is 484 g/mol. The average molecular weight is 485 g/mol. The van der Waals surface area contributed by atoms with Gasteiger partial charge in [-0.05, 0) is 43.9 Å². The molecule has 0 spiro atoms. The molecule has 1 unspecified atom stereocenters. The molecule has 1 saturated heterocycles. The van der Waals surface area contributed by atoms with Crippen molar-refractivity contribution in [1.29, 1.82) is 0 Å². The molecule has 0 radical (unpaired) electrons. The van der Waals surface area contributed by atoms with E-state index >= 15 is 0 Å². The Hall–Kier alpha value is -3.55. The summed E-state index contributed by atoms with van der Waals surface area (Å²) in [6.45, 7) is 3.25. The Kier molecular flexibility index (Phi) is 6.03. The third kappa shape index (κ3) is 4.08. The van der Waals surface area contributed by atoms with Gasteiger partial charge in [-0.2, -0.15) is 5.10 Å². The minimum atomic E-state index is -0.433. The standard InChI is InChI=1S/C28H32N6O2/c1-18(25-21-9-4-5-10-22(21)27(35)32-31-25)28(36)33-15-12-20(13-16-33)34-24(17-19-7-2-3-8-19)30-23-11-6-14-29-26(23)34/h4-6,9-11,14,18-20H,2-3,7-8,12-13,15-17H2,1H3,(H,32,35). The van der Waals surface area contributed by atoms with Crippen molar-refractivity contribution < 1.29 is 4.79 Å². The second-order valence-electron chi connectivity index (χ2n) is 10.4. The van der Waals surface area contributed by atoms with Gasteiger partial charge in [0.25, 0.3) is 5.56 Å². The van der Waals surface area contributed by atoms with Gasteiger partial charge in [-0.25, -0.2) is 15.1 Å². The number of aromatic nitrogens is 5. The summed E-state index contributed by atoms with van der Waals surface area (Å²) in [4.78, 5) is 37.3. The van der Waals surface area contributed by atoms with Gasteiger partial charge >= 0.3 is 0 Å². The number of hydrogen-bond donors (Lipinski definition) is 1. The Bertz CT molecular complexity index is 1460. The highest BCUT2D eigenvalue weighted by Crippen LogP contribution is 2.33. The highest BCUT2D eigenvalue weighted by atomic mass is 16.2. The molecule has 3 aromatic heterocycles. The fraction of sp³-hybridized carbons (Fsp3) is 0.464. The van der Waals surface area contributed by atoms with Gasteiger partial charge in [-0.15, -0.1) is 0 Å². The highest BCUT2D eigenvalue weighted by Gasteiger charge is 2.31. The Morgan fingerprint density at radius 3 is 2.58 bits per heavy atom. The van der Waals surface area contributed by atoms with E-state index in [9.17, 15) is 9.59 Å². The van der Waals surface area contributed by atoms with Gasteiger partial charge in [-0.3, -0.25) is 9.59 Å². The molecule has 2 aliphatic rings. The first kappa shape index (κ1) is 22.9. The number of imidazole rings is 1. The Balaban J connectivity index is 1.21. The molecule has 1 N–H and O–H groups in total. The van der Waals surface area contributed by atoms with Gasteiger partial charge in [0.05, 0.1) is 17.0 Å². The van der Waals surface area contributed by atoms with Crippen molar-refractivity contribution in [3.8, 4) is 0 Å². The summed E-state index contributed by atoms with van der Waals surface area (Å²) in [5, 5.41) is 8.14. The number of carbonyl (C=O) groups is 1. The van der Waals surface area contributed by atoms with Gasteiger partial charge in [0.2, 0.25) is 5.91 Å². The lowest BCUT2D eigenvalue weighted by molar-refractivity contribution is -0.133. The van der Waals surface area contributed by atoms with Crippen molar-refractivity contribution in [2.45, 2.75) is 63.8 Å². The maximum absolute atomic E-state index is 13.5. The maximum Gasteiger partial charge on any atom is 0.272 e. The van der Waals surface area contributed by atoms with Crippen molar-refractivity contribution in [3.63, 3.8) is 0 Å². The van der Waals surface area contributed by atoms with E-state index in [2.05, 4.69) is 20.8 Å². The molecule has 1 atom stereocenters. The van der Waals surface area contributed by atoms with Gasteiger partial charge in [0, 0.05) is 37.1 Å². The second-order valence-corrected chi connectivity index (χ2v) is 10.4. The zero-order chi connectivity index (χ0) is 24.6. The molecule has 4 aromatic rings. The van der Waals surface area contributed by atoms with Crippen molar-refractivity contribution >= 4 is 27.8 Å². The average Bonchev–Trinajstić information content (AvgIpc) is 3.56. The van der Waals surface area contributed by atoms with Crippen molar-refractivity contribution in [2.75, 3.05) is 13.1 Å². The third-order valence-corrected chi connectivity index (χ3v) is 8.12. The molecular formula is C28H32N6O2. The first-order valence-corrected chi connectivity index (χ1v) is 13.2. The number of hydrogen-bond acceptors (Lipinski definition) is 5. The number of nitrogens with zero attached hydrogens (tertiary/aromatic N) is 5. The summed E-state index contributed by atoms with van der Waals surface area (Å²) >= 11 is 0. The van der Waals surface area contributed by atoms with E-state index in [4.69, 9.17) is 9.97 Å². The predicted molar refractivity (Wildman–Crippen MR) is 139 cm³/mol. The molecule has 1 amide bonds. The summed E-state index contributed by atoms with van der Waals surface area (Å²) in [6, 6.07) is 11.6. The van der Waals surface area contributed by atoms with Crippen LogP contribution in [-0.2, 0) is 11.2 Å². The number of H-pyrrole nitrogens is 1. The summed E-state index contributed by atoms with van der Waals surface area (Å²) < 4.78 is 2.37. The van der Waals surface area contributed by atoms with Crippen LogP contribution in [0, 0.1) is 5.92 Å². The number of aromatic amines is 1. The molecule has 8 nitrogen and oxygen atoms in total. The van der Waals surface area contributed by atoms with E-state index in [1.807, 2.05) is 42.3 Å². The summed E-state index contributed by atoms with van der Waals surface area (Å²) in [5.74, 6) is 1.48. The minimum absolute atomic E-state index is 0.0537. The predicted octanol–water partition coefficient (Wildman–Crippen LogP) is 4.37. The van der Waals surface area contributed by atoms with Crippen molar-refractivity contribution in [1.82, 2.24) is 29.6 Å². The molecule has 6 rings (SSSR count). The fourth-order valence-corrected chi connectivity index (χ4v) is 6.18. The first-order chi connectivity index (χ1) is 17.6.